The quantitative estimate of drug-likeness (QED) is 0.512. The number of aromatic nitrogens is 4. The molecule has 0 fully saturated rings. The molecule has 0 radical (unpaired) electrons. The molecule has 2 atom stereocenters. The third kappa shape index (κ3) is 3.28. The number of amides is 1. The number of carboxylic acid groups (broad SMARTS) is 1. The number of carbonyl (C=O) groups excluding carboxylic acids is 1. The van der Waals surface area contributed by atoms with Gasteiger partial charge in [0, 0.05) is 6.54 Å². The van der Waals surface area contributed by atoms with Crippen LogP contribution in [0, 0.1) is 0 Å². The van der Waals surface area contributed by atoms with E-state index in [9.17, 15) is 9.59 Å². The van der Waals surface area contributed by atoms with Crippen molar-refractivity contribution in [2.75, 3.05) is 5.73 Å². The summed E-state index contributed by atoms with van der Waals surface area (Å²) in [6.45, 7) is 1.78. The molecule has 2 aromatic rings. The van der Waals surface area contributed by atoms with E-state index in [-0.39, 0.29) is 12.2 Å². The summed E-state index contributed by atoms with van der Waals surface area (Å²) in [5.74, 6) is -1.40. The van der Waals surface area contributed by atoms with Crippen LogP contribution in [0.4, 0.5) is 5.82 Å². The first-order chi connectivity index (χ1) is 10.4. The first-order valence-electron chi connectivity index (χ1n) is 6.60. The van der Waals surface area contributed by atoms with E-state index in [0.29, 0.717) is 17.7 Å². The molecular formula is C12H17N7O3. The Hall–Kier alpha value is -2.75. The number of hydrogen-bond acceptors (Lipinski definition) is 7. The zero-order valence-corrected chi connectivity index (χ0v) is 11.9. The minimum absolute atomic E-state index is 0.156. The number of aliphatic carboxylic acids is 1. The number of imidazole rings is 1. The van der Waals surface area contributed by atoms with Gasteiger partial charge in [0.15, 0.2) is 11.5 Å². The van der Waals surface area contributed by atoms with Crippen LogP contribution in [0.1, 0.15) is 13.3 Å². The standard InChI is InChI=1S/C12H17N7O3/c1-6(13)11(20)18-7(12(21)22)2-3-19-5-17-8-9(14)15-4-16-10(8)19/h4-7H,2-3,13H2,1H3,(H,18,20)(H,21,22)(H2,14,15,16). The Morgan fingerprint density at radius 1 is 1.41 bits per heavy atom. The van der Waals surface area contributed by atoms with Crippen LogP contribution in [0.25, 0.3) is 11.2 Å². The molecule has 0 saturated heterocycles. The van der Waals surface area contributed by atoms with Crippen LogP contribution in [0.2, 0.25) is 0 Å². The molecule has 2 heterocycles. The third-order valence-corrected chi connectivity index (χ3v) is 3.12. The molecule has 0 aliphatic rings. The summed E-state index contributed by atoms with van der Waals surface area (Å²) in [5, 5.41) is 11.5. The van der Waals surface area contributed by atoms with Gasteiger partial charge in [-0.05, 0) is 13.3 Å². The van der Waals surface area contributed by atoms with Crippen LogP contribution in [0.15, 0.2) is 12.7 Å². The minimum Gasteiger partial charge on any atom is -0.480 e. The number of nitrogen functional groups attached to an aromatic ring is 1. The Morgan fingerprint density at radius 2 is 2.14 bits per heavy atom. The van der Waals surface area contributed by atoms with Crippen molar-refractivity contribution in [2.45, 2.75) is 32.0 Å². The maximum Gasteiger partial charge on any atom is 0.326 e. The molecule has 2 unspecified atom stereocenters. The van der Waals surface area contributed by atoms with E-state index in [2.05, 4.69) is 20.3 Å². The topological polar surface area (TPSA) is 162 Å². The van der Waals surface area contributed by atoms with Crippen molar-refractivity contribution in [1.29, 1.82) is 0 Å². The van der Waals surface area contributed by atoms with Crippen molar-refractivity contribution in [3.63, 3.8) is 0 Å². The Kier molecular flexibility index (Phi) is 4.51. The molecule has 0 aliphatic carbocycles. The van der Waals surface area contributed by atoms with E-state index in [0.717, 1.165) is 0 Å². The van der Waals surface area contributed by atoms with Crippen molar-refractivity contribution >= 4 is 28.9 Å². The average Bonchev–Trinajstić information content (AvgIpc) is 2.87. The van der Waals surface area contributed by atoms with E-state index >= 15 is 0 Å². The second-order valence-corrected chi connectivity index (χ2v) is 4.85. The molecule has 10 nitrogen and oxygen atoms in total. The molecule has 0 spiro atoms. The van der Waals surface area contributed by atoms with Gasteiger partial charge in [-0.25, -0.2) is 19.7 Å². The predicted molar refractivity (Wildman–Crippen MR) is 77.6 cm³/mol. The molecule has 2 rings (SSSR count). The van der Waals surface area contributed by atoms with Gasteiger partial charge < -0.3 is 26.5 Å². The van der Waals surface area contributed by atoms with Crippen LogP contribution in [0.5, 0.6) is 0 Å². The number of hydrogen-bond donors (Lipinski definition) is 4. The van der Waals surface area contributed by atoms with Crippen LogP contribution in [-0.4, -0.2) is 48.6 Å². The number of carbonyl (C=O) groups is 2. The molecule has 22 heavy (non-hydrogen) atoms. The van der Waals surface area contributed by atoms with E-state index in [1.165, 1.54) is 19.6 Å². The molecule has 2 aromatic heterocycles. The smallest absolute Gasteiger partial charge is 0.326 e. The number of anilines is 1. The molecule has 6 N–H and O–H groups in total. The normalized spacial score (nSPS) is 13.7. The van der Waals surface area contributed by atoms with Crippen molar-refractivity contribution in [3.05, 3.63) is 12.7 Å². The van der Waals surface area contributed by atoms with Gasteiger partial charge in [0.2, 0.25) is 5.91 Å². The fourth-order valence-electron chi connectivity index (χ4n) is 1.89. The molecular weight excluding hydrogens is 290 g/mol. The predicted octanol–water partition coefficient (Wildman–Crippen LogP) is -1.28. The summed E-state index contributed by atoms with van der Waals surface area (Å²) in [7, 11) is 0. The summed E-state index contributed by atoms with van der Waals surface area (Å²) in [4.78, 5) is 34.7. The monoisotopic (exact) mass is 307 g/mol. The highest BCUT2D eigenvalue weighted by Gasteiger charge is 2.21. The lowest BCUT2D eigenvalue weighted by atomic mass is 10.2. The summed E-state index contributed by atoms with van der Waals surface area (Å²) in [5.41, 5.74) is 12.1. The minimum atomic E-state index is -1.13. The van der Waals surface area contributed by atoms with Crippen LogP contribution < -0.4 is 16.8 Å². The first kappa shape index (κ1) is 15.6. The summed E-state index contributed by atoms with van der Waals surface area (Å²) in [6.07, 6.45) is 2.97. The van der Waals surface area contributed by atoms with E-state index < -0.39 is 24.0 Å². The fraction of sp³-hybridized carbons (Fsp3) is 0.417. The van der Waals surface area contributed by atoms with E-state index in [4.69, 9.17) is 16.6 Å². The Balaban J connectivity index is 2.10. The number of fused-ring (bicyclic) bond motifs is 1. The number of aryl methyl sites for hydroxylation is 1. The van der Waals surface area contributed by atoms with Gasteiger partial charge in [0.25, 0.3) is 0 Å². The lowest BCUT2D eigenvalue weighted by Crippen LogP contribution is -2.47. The number of nitrogens with one attached hydrogen (secondary N) is 1. The number of rotatable bonds is 6. The average molecular weight is 307 g/mol. The van der Waals surface area contributed by atoms with Crippen LogP contribution >= 0.6 is 0 Å². The van der Waals surface area contributed by atoms with Crippen molar-refractivity contribution < 1.29 is 14.7 Å². The van der Waals surface area contributed by atoms with Crippen molar-refractivity contribution in [1.82, 2.24) is 24.8 Å². The van der Waals surface area contributed by atoms with Crippen molar-refractivity contribution in [2.24, 2.45) is 5.73 Å². The van der Waals surface area contributed by atoms with Gasteiger partial charge >= 0.3 is 5.97 Å². The van der Waals surface area contributed by atoms with Gasteiger partial charge in [0.1, 0.15) is 17.9 Å². The highest BCUT2D eigenvalue weighted by Crippen LogP contribution is 2.14. The Labute approximate surface area is 125 Å². The van der Waals surface area contributed by atoms with E-state index in [1.54, 1.807) is 4.57 Å². The molecule has 0 bridgehead atoms. The molecule has 0 aliphatic heterocycles. The second-order valence-electron chi connectivity index (χ2n) is 4.85. The SMILES string of the molecule is CC(N)C(=O)NC(CCn1cnc2c(N)ncnc21)C(=O)O. The zero-order chi connectivity index (χ0) is 16.3. The number of nitrogens with two attached hydrogens (primary N) is 2. The van der Waals surface area contributed by atoms with Crippen LogP contribution in [0.3, 0.4) is 0 Å². The summed E-state index contributed by atoms with van der Waals surface area (Å²) in [6, 6.07) is -1.82. The van der Waals surface area contributed by atoms with Crippen LogP contribution in [-0.2, 0) is 16.1 Å². The highest BCUT2D eigenvalue weighted by atomic mass is 16.4. The number of nitrogens with zero attached hydrogens (tertiary/aromatic N) is 4. The molecule has 118 valence electrons. The summed E-state index contributed by atoms with van der Waals surface area (Å²) < 4.78 is 1.65. The van der Waals surface area contributed by atoms with Gasteiger partial charge in [0.05, 0.1) is 12.4 Å². The molecule has 0 saturated carbocycles. The highest BCUT2D eigenvalue weighted by molar-refractivity contribution is 5.86. The number of carboxylic acids is 1. The second kappa shape index (κ2) is 6.35. The van der Waals surface area contributed by atoms with Gasteiger partial charge in [-0.2, -0.15) is 0 Å². The lowest BCUT2D eigenvalue weighted by Gasteiger charge is -2.16. The van der Waals surface area contributed by atoms with Gasteiger partial charge in [-0.1, -0.05) is 0 Å². The van der Waals surface area contributed by atoms with E-state index in [1.807, 2.05) is 0 Å². The summed E-state index contributed by atoms with van der Waals surface area (Å²) >= 11 is 0. The maximum absolute atomic E-state index is 11.5. The fourth-order valence-corrected chi connectivity index (χ4v) is 1.89. The zero-order valence-electron chi connectivity index (χ0n) is 11.9. The van der Waals surface area contributed by atoms with Gasteiger partial charge in [-0.15, -0.1) is 0 Å². The molecule has 0 aromatic carbocycles. The third-order valence-electron chi connectivity index (χ3n) is 3.12. The molecule has 10 heteroatoms. The largest absolute Gasteiger partial charge is 0.480 e. The first-order valence-corrected chi connectivity index (χ1v) is 6.60. The molecule has 1 amide bonds. The van der Waals surface area contributed by atoms with Crippen molar-refractivity contribution in [3.8, 4) is 0 Å². The Bertz CT molecular complexity index is 697. The maximum atomic E-state index is 11.5. The lowest BCUT2D eigenvalue weighted by molar-refractivity contribution is -0.142. The Morgan fingerprint density at radius 3 is 2.77 bits per heavy atom. The van der Waals surface area contributed by atoms with Gasteiger partial charge in [-0.3, -0.25) is 4.79 Å².